The van der Waals surface area contributed by atoms with Crippen molar-refractivity contribution in [2.45, 2.75) is 6.61 Å². The van der Waals surface area contributed by atoms with Crippen LogP contribution in [0.3, 0.4) is 0 Å². The second-order valence-electron chi connectivity index (χ2n) is 7.77. The zero-order valence-corrected chi connectivity index (χ0v) is 18.7. The number of hydrogen-bond donors (Lipinski definition) is 2. The van der Waals surface area contributed by atoms with E-state index in [2.05, 4.69) is 15.6 Å². The predicted molar refractivity (Wildman–Crippen MR) is 125 cm³/mol. The number of carbonyl (C=O) groups is 3. The van der Waals surface area contributed by atoms with Crippen LogP contribution < -0.4 is 15.4 Å². The SMILES string of the molecule is O=C(COc1cc(C(=O)NCC(=O)N2CCNCC2)nc2ccccc12)OCc1ccccc1. The highest BCUT2D eigenvalue weighted by Crippen LogP contribution is 2.25. The molecule has 2 amide bonds. The van der Waals surface area contributed by atoms with Gasteiger partial charge in [0.15, 0.2) is 6.61 Å². The summed E-state index contributed by atoms with van der Waals surface area (Å²) in [5.41, 5.74) is 1.51. The van der Waals surface area contributed by atoms with E-state index in [9.17, 15) is 14.4 Å². The Balaban J connectivity index is 1.39. The molecule has 3 aromatic rings. The molecule has 0 unspecified atom stereocenters. The van der Waals surface area contributed by atoms with E-state index in [0.717, 1.165) is 18.7 Å². The number of hydrogen-bond acceptors (Lipinski definition) is 7. The Hall–Kier alpha value is -3.98. The van der Waals surface area contributed by atoms with Crippen molar-refractivity contribution in [1.82, 2.24) is 20.5 Å². The fraction of sp³-hybridized carbons (Fsp3) is 0.280. The Morgan fingerprint density at radius 2 is 1.74 bits per heavy atom. The van der Waals surface area contributed by atoms with Gasteiger partial charge in [0.25, 0.3) is 5.91 Å². The molecule has 0 bridgehead atoms. The van der Waals surface area contributed by atoms with Gasteiger partial charge in [-0.3, -0.25) is 9.59 Å². The smallest absolute Gasteiger partial charge is 0.344 e. The van der Waals surface area contributed by atoms with Crippen LogP contribution in [-0.2, 0) is 20.9 Å². The van der Waals surface area contributed by atoms with Crippen LogP contribution in [-0.4, -0.2) is 67.0 Å². The van der Waals surface area contributed by atoms with Gasteiger partial charge in [0.05, 0.1) is 12.1 Å². The highest BCUT2D eigenvalue weighted by Gasteiger charge is 2.19. The van der Waals surface area contributed by atoms with Crippen molar-refractivity contribution in [3.63, 3.8) is 0 Å². The van der Waals surface area contributed by atoms with Gasteiger partial charge in [-0.2, -0.15) is 0 Å². The standard InChI is InChI=1S/C25H26N4O5/c30-23(29-12-10-26-11-13-29)15-27-25(32)21-14-22(19-8-4-5-9-20(19)28-21)33-17-24(31)34-16-18-6-2-1-3-7-18/h1-9,14,26H,10-13,15-17H2,(H,27,32). The van der Waals surface area contributed by atoms with Crippen molar-refractivity contribution in [3.05, 3.63) is 71.9 Å². The lowest BCUT2D eigenvalue weighted by Gasteiger charge is -2.27. The number of benzene rings is 2. The largest absolute Gasteiger partial charge is 0.481 e. The molecule has 9 nitrogen and oxygen atoms in total. The average Bonchev–Trinajstić information content (AvgIpc) is 2.89. The summed E-state index contributed by atoms with van der Waals surface area (Å²) in [6, 6.07) is 18.0. The molecule has 176 valence electrons. The molecule has 1 aliphatic heterocycles. The summed E-state index contributed by atoms with van der Waals surface area (Å²) >= 11 is 0. The van der Waals surface area contributed by atoms with Crippen LogP contribution in [0.4, 0.5) is 0 Å². The molecule has 1 aliphatic rings. The third-order valence-electron chi connectivity index (χ3n) is 5.37. The summed E-state index contributed by atoms with van der Waals surface area (Å²) in [5, 5.41) is 6.47. The van der Waals surface area contributed by atoms with Crippen LogP contribution in [0.5, 0.6) is 5.75 Å². The normalized spacial score (nSPS) is 13.4. The van der Waals surface area contributed by atoms with Gasteiger partial charge in [0.1, 0.15) is 18.1 Å². The number of amides is 2. The lowest BCUT2D eigenvalue weighted by atomic mass is 10.1. The van der Waals surface area contributed by atoms with E-state index in [4.69, 9.17) is 9.47 Å². The van der Waals surface area contributed by atoms with Gasteiger partial charge in [0, 0.05) is 37.6 Å². The third kappa shape index (κ3) is 6.08. The quantitative estimate of drug-likeness (QED) is 0.489. The number of piperazine rings is 1. The van der Waals surface area contributed by atoms with Gasteiger partial charge < -0.3 is 25.0 Å². The van der Waals surface area contributed by atoms with Crippen LogP contribution in [0.1, 0.15) is 16.1 Å². The molecule has 34 heavy (non-hydrogen) atoms. The molecule has 1 fully saturated rings. The Kier molecular flexibility index (Phi) is 7.67. The van der Waals surface area contributed by atoms with Gasteiger partial charge >= 0.3 is 5.97 Å². The number of pyridine rings is 1. The first-order valence-corrected chi connectivity index (χ1v) is 11.1. The summed E-state index contributed by atoms with van der Waals surface area (Å²) in [5.74, 6) is -0.836. The van der Waals surface area contributed by atoms with Crippen molar-refractivity contribution in [3.8, 4) is 5.75 Å². The van der Waals surface area contributed by atoms with Crippen LogP contribution in [0, 0.1) is 0 Å². The minimum Gasteiger partial charge on any atom is -0.481 e. The van der Waals surface area contributed by atoms with Crippen LogP contribution in [0.25, 0.3) is 10.9 Å². The van der Waals surface area contributed by atoms with Crippen molar-refractivity contribution in [2.24, 2.45) is 0 Å². The average molecular weight is 463 g/mol. The first-order valence-electron chi connectivity index (χ1n) is 11.1. The fourth-order valence-electron chi connectivity index (χ4n) is 3.57. The summed E-state index contributed by atoms with van der Waals surface area (Å²) in [6.07, 6.45) is 0. The number of rotatable bonds is 8. The molecule has 2 aromatic carbocycles. The summed E-state index contributed by atoms with van der Waals surface area (Å²) in [6.45, 7) is 2.41. The Morgan fingerprint density at radius 1 is 1.00 bits per heavy atom. The van der Waals surface area contributed by atoms with Gasteiger partial charge in [-0.05, 0) is 17.7 Å². The highest BCUT2D eigenvalue weighted by molar-refractivity contribution is 5.98. The number of nitrogens with one attached hydrogen (secondary N) is 2. The fourth-order valence-corrected chi connectivity index (χ4v) is 3.57. The lowest BCUT2D eigenvalue weighted by Crippen LogP contribution is -2.49. The van der Waals surface area contributed by atoms with E-state index < -0.39 is 11.9 Å². The molecule has 1 aromatic heterocycles. The number of ether oxygens (including phenoxy) is 2. The zero-order chi connectivity index (χ0) is 23.8. The topological polar surface area (TPSA) is 110 Å². The highest BCUT2D eigenvalue weighted by atomic mass is 16.6. The molecular weight excluding hydrogens is 436 g/mol. The number of carbonyl (C=O) groups excluding carboxylic acids is 3. The van der Waals surface area contributed by atoms with Crippen molar-refractivity contribution in [1.29, 1.82) is 0 Å². The number of fused-ring (bicyclic) bond motifs is 1. The summed E-state index contributed by atoms with van der Waals surface area (Å²) in [4.78, 5) is 43.3. The van der Waals surface area contributed by atoms with Gasteiger partial charge in [-0.1, -0.05) is 42.5 Å². The van der Waals surface area contributed by atoms with E-state index in [0.29, 0.717) is 29.7 Å². The van der Waals surface area contributed by atoms with Crippen LogP contribution in [0.15, 0.2) is 60.7 Å². The molecule has 2 heterocycles. The zero-order valence-electron chi connectivity index (χ0n) is 18.7. The molecule has 9 heteroatoms. The number of para-hydroxylation sites is 1. The number of nitrogens with zero attached hydrogens (tertiary/aromatic N) is 2. The van der Waals surface area contributed by atoms with Crippen molar-refractivity contribution >= 4 is 28.7 Å². The first kappa shape index (κ1) is 23.2. The van der Waals surface area contributed by atoms with Crippen molar-refractivity contribution < 1.29 is 23.9 Å². The molecule has 2 N–H and O–H groups in total. The van der Waals surface area contributed by atoms with Gasteiger partial charge in [0.2, 0.25) is 5.91 Å². The molecule has 0 spiro atoms. The van der Waals surface area contributed by atoms with Crippen molar-refractivity contribution in [2.75, 3.05) is 39.3 Å². The van der Waals surface area contributed by atoms with E-state index in [1.807, 2.05) is 36.4 Å². The third-order valence-corrected chi connectivity index (χ3v) is 5.37. The Bertz CT molecular complexity index is 1160. The van der Waals surface area contributed by atoms with Gasteiger partial charge in [-0.15, -0.1) is 0 Å². The second-order valence-corrected chi connectivity index (χ2v) is 7.77. The molecule has 0 saturated carbocycles. The lowest BCUT2D eigenvalue weighted by molar-refractivity contribution is -0.147. The molecule has 0 aliphatic carbocycles. The van der Waals surface area contributed by atoms with E-state index in [1.165, 1.54) is 6.07 Å². The van der Waals surface area contributed by atoms with E-state index in [1.54, 1.807) is 23.1 Å². The summed E-state index contributed by atoms with van der Waals surface area (Å²) < 4.78 is 11.0. The summed E-state index contributed by atoms with van der Waals surface area (Å²) in [7, 11) is 0. The molecular formula is C25H26N4O5. The molecule has 1 saturated heterocycles. The number of esters is 1. The minimum atomic E-state index is -0.530. The maximum absolute atomic E-state index is 12.7. The molecule has 0 atom stereocenters. The molecule has 0 radical (unpaired) electrons. The number of aromatic nitrogens is 1. The van der Waals surface area contributed by atoms with E-state index in [-0.39, 0.29) is 31.4 Å². The van der Waals surface area contributed by atoms with E-state index >= 15 is 0 Å². The maximum Gasteiger partial charge on any atom is 0.344 e. The maximum atomic E-state index is 12.7. The molecule has 4 rings (SSSR count). The van der Waals surface area contributed by atoms with Crippen LogP contribution >= 0.6 is 0 Å². The Labute approximate surface area is 197 Å². The predicted octanol–water partition coefficient (Wildman–Crippen LogP) is 1.52. The first-order chi connectivity index (χ1) is 16.6. The minimum absolute atomic E-state index is 0.0967. The second kappa shape index (κ2) is 11.2. The van der Waals surface area contributed by atoms with Gasteiger partial charge in [-0.25, -0.2) is 9.78 Å². The monoisotopic (exact) mass is 462 g/mol. The van der Waals surface area contributed by atoms with Crippen LogP contribution in [0.2, 0.25) is 0 Å². The Morgan fingerprint density at radius 3 is 2.53 bits per heavy atom.